The normalized spacial score (nSPS) is 16.2. The highest BCUT2D eigenvalue weighted by Crippen LogP contribution is 2.30. The van der Waals surface area contributed by atoms with E-state index in [1.54, 1.807) is 18.0 Å². The van der Waals surface area contributed by atoms with Crippen molar-refractivity contribution in [1.29, 1.82) is 5.26 Å². The Morgan fingerprint density at radius 1 is 1.22 bits per heavy atom. The molecule has 1 aliphatic rings. The molecule has 0 fully saturated rings. The van der Waals surface area contributed by atoms with Gasteiger partial charge in [-0.05, 0) is 6.42 Å². The first-order valence-corrected chi connectivity index (χ1v) is 6.21. The van der Waals surface area contributed by atoms with Crippen molar-refractivity contribution in [1.82, 2.24) is 4.90 Å². The topological polar surface area (TPSA) is 61.2 Å². The fourth-order valence-electron chi connectivity index (χ4n) is 1.61. The third-order valence-corrected chi connectivity index (χ3v) is 3.43. The van der Waals surface area contributed by atoms with E-state index in [2.05, 4.69) is 0 Å². The van der Waals surface area contributed by atoms with Crippen molar-refractivity contribution in [2.24, 2.45) is 0 Å². The van der Waals surface area contributed by atoms with Gasteiger partial charge >= 0.3 is 0 Å². The predicted molar refractivity (Wildman–Crippen MR) is 68.9 cm³/mol. The standard InChI is InChI=1S/C12H12Cl2N2O2/c1-3-4-5-16(2)10-7(6-15)11(17)8(13)9(14)12(10)18/h3-5H2,1-2H3. The second-order valence-corrected chi connectivity index (χ2v) is 4.65. The molecule has 0 spiro atoms. The second-order valence-electron chi connectivity index (χ2n) is 3.90. The molecule has 1 rings (SSSR count). The molecule has 4 nitrogen and oxygen atoms in total. The summed E-state index contributed by atoms with van der Waals surface area (Å²) in [4.78, 5) is 25.3. The van der Waals surface area contributed by atoms with Gasteiger partial charge in [0.1, 0.15) is 27.4 Å². The molecule has 0 saturated carbocycles. The lowest BCUT2D eigenvalue weighted by Gasteiger charge is -2.24. The van der Waals surface area contributed by atoms with Crippen LogP contribution in [0, 0.1) is 11.3 Å². The summed E-state index contributed by atoms with van der Waals surface area (Å²) in [6, 6.07) is 1.73. The maximum absolute atomic E-state index is 12.0. The zero-order valence-electron chi connectivity index (χ0n) is 10.1. The fourth-order valence-corrected chi connectivity index (χ4v) is 1.96. The molecule has 0 radical (unpaired) electrons. The van der Waals surface area contributed by atoms with Crippen molar-refractivity contribution in [3.8, 4) is 6.07 Å². The van der Waals surface area contributed by atoms with E-state index < -0.39 is 11.6 Å². The molecular formula is C12H12Cl2N2O2. The number of ketones is 2. The fraction of sp³-hybridized carbons (Fsp3) is 0.417. The Morgan fingerprint density at radius 2 is 1.78 bits per heavy atom. The van der Waals surface area contributed by atoms with Crippen LogP contribution in [-0.2, 0) is 9.59 Å². The molecule has 0 unspecified atom stereocenters. The molecule has 6 heteroatoms. The van der Waals surface area contributed by atoms with Gasteiger partial charge in [0.05, 0.1) is 0 Å². The van der Waals surface area contributed by atoms with E-state index in [1.807, 2.05) is 6.92 Å². The molecular weight excluding hydrogens is 275 g/mol. The largest absolute Gasteiger partial charge is 0.370 e. The van der Waals surface area contributed by atoms with E-state index >= 15 is 0 Å². The van der Waals surface area contributed by atoms with Crippen LogP contribution in [0.5, 0.6) is 0 Å². The molecule has 0 aliphatic heterocycles. The number of carbonyl (C=O) groups is 2. The molecule has 0 aromatic carbocycles. The Bertz CT molecular complexity index is 501. The quantitative estimate of drug-likeness (QED) is 0.744. The molecule has 0 aromatic rings. The number of hydrogen-bond donors (Lipinski definition) is 0. The van der Waals surface area contributed by atoms with Crippen LogP contribution < -0.4 is 0 Å². The van der Waals surface area contributed by atoms with Crippen LogP contribution in [0.3, 0.4) is 0 Å². The van der Waals surface area contributed by atoms with Gasteiger partial charge in [-0.25, -0.2) is 0 Å². The lowest BCUT2D eigenvalue weighted by atomic mass is 9.99. The monoisotopic (exact) mass is 286 g/mol. The van der Waals surface area contributed by atoms with Crippen LogP contribution in [0.4, 0.5) is 0 Å². The number of unbranched alkanes of at least 4 members (excludes halogenated alkanes) is 1. The van der Waals surface area contributed by atoms with E-state index in [0.29, 0.717) is 6.54 Å². The predicted octanol–water partition coefficient (Wildman–Crippen LogP) is 2.34. The molecule has 0 N–H and O–H groups in total. The first-order chi connectivity index (χ1) is 8.45. The SMILES string of the molecule is CCCCN(C)C1=C(C#N)C(=O)C(Cl)=C(Cl)C1=O. The van der Waals surface area contributed by atoms with Gasteiger partial charge in [-0.2, -0.15) is 5.26 Å². The van der Waals surface area contributed by atoms with Crippen molar-refractivity contribution in [2.45, 2.75) is 19.8 Å². The van der Waals surface area contributed by atoms with Gasteiger partial charge in [-0.15, -0.1) is 0 Å². The van der Waals surface area contributed by atoms with Crippen molar-refractivity contribution < 1.29 is 9.59 Å². The van der Waals surface area contributed by atoms with E-state index in [1.165, 1.54) is 0 Å². The number of nitriles is 1. The Kier molecular flexibility index (Phi) is 4.94. The number of hydrogen-bond acceptors (Lipinski definition) is 4. The lowest BCUT2D eigenvalue weighted by Crippen LogP contribution is -2.31. The number of allylic oxidation sites excluding steroid dienone is 3. The highest BCUT2D eigenvalue weighted by molar-refractivity contribution is 6.59. The Hall–Kier alpha value is -1.31. The minimum Gasteiger partial charge on any atom is -0.370 e. The minimum atomic E-state index is -0.692. The molecule has 0 heterocycles. The summed E-state index contributed by atoms with van der Waals surface area (Å²) in [6.45, 7) is 2.57. The minimum absolute atomic E-state index is 0.0327. The smallest absolute Gasteiger partial charge is 0.223 e. The van der Waals surface area contributed by atoms with Crippen LogP contribution in [0.2, 0.25) is 0 Å². The second kappa shape index (κ2) is 6.03. The van der Waals surface area contributed by atoms with Crippen LogP contribution in [0.1, 0.15) is 19.8 Å². The zero-order valence-corrected chi connectivity index (χ0v) is 11.6. The number of Topliss-reactive ketones (excluding diaryl/α,β-unsaturated/α-hetero) is 2. The Balaban J connectivity index is 3.21. The molecule has 0 amide bonds. The molecule has 0 bridgehead atoms. The zero-order chi connectivity index (χ0) is 13.9. The summed E-state index contributed by atoms with van der Waals surface area (Å²) >= 11 is 11.3. The summed E-state index contributed by atoms with van der Waals surface area (Å²) in [5.74, 6) is -1.27. The molecule has 0 atom stereocenters. The number of nitrogens with zero attached hydrogens (tertiary/aromatic N) is 2. The molecule has 96 valence electrons. The van der Waals surface area contributed by atoms with Gasteiger partial charge in [0.15, 0.2) is 0 Å². The first kappa shape index (κ1) is 14.7. The molecule has 0 saturated heterocycles. The Morgan fingerprint density at radius 3 is 2.28 bits per heavy atom. The van der Waals surface area contributed by atoms with Crippen molar-refractivity contribution in [3.63, 3.8) is 0 Å². The van der Waals surface area contributed by atoms with Gasteiger partial charge in [-0.1, -0.05) is 36.5 Å². The van der Waals surface area contributed by atoms with Gasteiger partial charge in [0, 0.05) is 13.6 Å². The highest BCUT2D eigenvalue weighted by Gasteiger charge is 2.35. The summed E-state index contributed by atoms with van der Waals surface area (Å²) in [7, 11) is 1.65. The number of rotatable bonds is 4. The summed E-state index contributed by atoms with van der Waals surface area (Å²) < 4.78 is 0. The van der Waals surface area contributed by atoms with Crippen molar-refractivity contribution in [2.75, 3.05) is 13.6 Å². The maximum Gasteiger partial charge on any atom is 0.223 e. The molecule has 0 aromatic heterocycles. The van der Waals surface area contributed by atoms with E-state index in [-0.39, 0.29) is 21.3 Å². The average molecular weight is 287 g/mol. The number of carbonyl (C=O) groups excluding carboxylic acids is 2. The van der Waals surface area contributed by atoms with Gasteiger partial charge in [0.2, 0.25) is 11.6 Å². The first-order valence-electron chi connectivity index (χ1n) is 5.45. The number of halogens is 2. The van der Waals surface area contributed by atoms with Crippen LogP contribution >= 0.6 is 23.2 Å². The van der Waals surface area contributed by atoms with E-state index in [9.17, 15) is 9.59 Å². The van der Waals surface area contributed by atoms with E-state index in [4.69, 9.17) is 28.5 Å². The maximum atomic E-state index is 12.0. The molecule has 1 aliphatic carbocycles. The highest BCUT2D eigenvalue weighted by atomic mass is 35.5. The lowest BCUT2D eigenvalue weighted by molar-refractivity contribution is -0.116. The van der Waals surface area contributed by atoms with Crippen molar-refractivity contribution in [3.05, 3.63) is 21.3 Å². The third kappa shape index (κ3) is 2.58. The van der Waals surface area contributed by atoms with Crippen LogP contribution in [0.15, 0.2) is 21.3 Å². The van der Waals surface area contributed by atoms with Crippen molar-refractivity contribution >= 4 is 34.8 Å². The Labute approximate surface area is 115 Å². The van der Waals surface area contributed by atoms with Crippen LogP contribution in [0.25, 0.3) is 0 Å². The summed E-state index contributed by atoms with van der Waals surface area (Å²) in [6.07, 6.45) is 1.78. The van der Waals surface area contributed by atoms with Gasteiger partial charge in [0.25, 0.3) is 0 Å². The molecule has 18 heavy (non-hydrogen) atoms. The summed E-state index contributed by atoms with van der Waals surface area (Å²) in [5, 5.41) is 8.29. The van der Waals surface area contributed by atoms with E-state index in [0.717, 1.165) is 12.8 Å². The third-order valence-electron chi connectivity index (χ3n) is 2.61. The van der Waals surface area contributed by atoms with Crippen LogP contribution in [-0.4, -0.2) is 30.1 Å². The van der Waals surface area contributed by atoms with Gasteiger partial charge < -0.3 is 4.90 Å². The summed E-state index contributed by atoms with van der Waals surface area (Å²) in [5.41, 5.74) is -0.210. The van der Waals surface area contributed by atoms with Gasteiger partial charge in [-0.3, -0.25) is 9.59 Å². The number of likely N-dealkylation sites (N-methyl/N-ethyl adjacent to an activating group) is 1. The average Bonchev–Trinajstić information content (AvgIpc) is 2.37.